The first-order valence-electron chi connectivity index (χ1n) is 12.7. The zero-order chi connectivity index (χ0) is 27.1. The van der Waals surface area contributed by atoms with Crippen LogP contribution >= 0.6 is 11.3 Å². The van der Waals surface area contributed by atoms with E-state index in [-0.39, 0.29) is 30.5 Å². The Balaban J connectivity index is 1.22. The molecule has 39 heavy (non-hydrogen) atoms. The van der Waals surface area contributed by atoms with Gasteiger partial charge in [-0.05, 0) is 50.3 Å². The summed E-state index contributed by atoms with van der Waals surface area (Å²) in [6.45, 7) is 3.32. The molecule has 3 atom stereocenters. The van der Waals surface area contributed by atoms with Crippen LogP contribution in [-0.4, -0.2) is 53.0 Å². The molecule has 0 spiro atoms. The van der Waals surface area contributed by atoms with Crippen LogP contribution in [0.4, 0.5) is 5.82 Å². The molecule has 0 saturated heterocycles. The lowest BCUT2D eigenvalue weighted by atomic mass is 10.1. The van der Waals surface area contributed by atoms with Gasteiger partial charge in [0.25, 0.3) is 0 Å². The van der Waals surface area contributed by atoms with Crippen LogP contribution in [0.5, 0.6) is 0 Å². The molecule has 6 rings (SSSR count). The van der Waals surface area contributed by atoms with E-state index in [1.165, 1.54) is 23.9 Å². The van der Waals surface area contributed by atoms with Crippen molar-refractivity contribution in [2.24, 2.45) is 11.1 Å². The Hall–Kier alpha value is -3.23. The average molecular weight is 569 g/mol. The fourth-order valence-corrected chi connectivity index (χ4v) is 6.83. The number of imidazole rings is 1. The number of nitrogens with two attached hydrogens (primary N) is 1. The van der Waals surface area contributed by atoms with E-state index in [1.807, 2.05) is 31.2 Å². The number of hydrogen-bond acceptors (Lipinski definition) is 10. The van der Waals surface area contributed by atoms with Crippen molar-refractivity contribution in [3.8, 4) is 0 Å². The van der Waals surface area contributed by atoms with Crippen LogP contribution in [0, 0.1) is 12.8 Å². The first-order chi connectivity index (χ1) is 18.8. The van der Waals surface area contributed by atoms with Crippen LogP contribution in [0.3, 0.4) is 0 Å². The number of ether oxygens (including phenoxy) is 1. The van der Waals surface area contributed by atoms with Crippen LogP contribution in [-0.2, 0) is 25.8 Å². The molecule has 0 bridgehead atoms. The second-order valence-electron chi connectivity index (χ2n) is 9.90. The van der Waals surface area contributed by atoms with Crippen molar-refractivity contribution in [3.63, 3.8) is 0 Å². The average Bonchev–Trinajstić information content (AvgIpc) is 3.63. The van der Waals surface area contributed by atoms with Gasteiger partial charge in [-0.15, -0.1) is 11.3 Å². The molecule has 1 aliphatic carbocycles. The number of aryl methyl sites for hydroxylation is 1. The molecule has 0 amide bonds. The van der Waals surface area contributed by atoms with E-state index >= 15 is 0 Å². The van der Waals surface area contributed by atoms with Crippen LogP contribution in [0.2, 0.25) is 0 Å². The van der Waals surface area contributed by atoms with E-state index in [2.05, 4.69) is 25.9 Å². The highest BCUT2D eigenvalue weighted by molar-refractivity contribution is 7.84. The maximum Gasteiger partial charge on any atom is 0.333 e. The van der Waals surface area contributed by atoms with E-state index in [0.29, 0.717) is 29.3 Å². The predicted molar refractivity (Wildman–Crippen MR) is 146 cm³/mol. The monoisotopic (exact) mass is 568 g/mol. The Morgan fingerprint density at radius 1 is 1.31 bits per heavy atom. The minimum atomic E-state index is -3.97. The molecular weight excluding hydrogens is 540 g/mol. The van der Waals surface area contributed by atoms with Gasteiger partial charge in [0.2, 0.25) is 5.78 Å². The molecule has 4 heterocycles. The molecule has 1 saturated carbocycles. The second kappa shape index (κ2) is 10.4. The normalized spacial score (nSPS) is 21.2. The van der Waals surface area contributed by atoms with Crippen LogP contribution in [0.15, 0.2) is 42.9 Å². The summed E-state index contributed by atoms with van der Waals surface area (Å²) < 4.78 is 35.4. The Kier molecular flexibility index (Phi) is 6.93. The van der Waals surface area contributed by atoms with Gasteiger partial charge in [-0.3, -0.25) is 8.98 Å². The minimum Gasteiger partial charge on any atom is -0.367 e. The molecule has 1 aliphatic heterocycles. The zero-order valence-corrected chi connectivity index (χ0v) is 22.9. The maximum absolute atomic E-state index is 13.7. The topological polar surface area (TPSA) is 151 Å². The number of para-hydroxylation sites is 2. The fourth-order valence-electron chi connectivity index (χ4n) is 5.45. The molecule has 1 fully saturated rings. The second-order valence-corrected chi connectivity index (χ2v) is 12.4. The molecular formula is C26H28N6O5S2. The highest BCUT2D eigenvalue weighted by Gasteiger charge is 2.31. The molecule has 13 heteroatoms. The first kappa shape index (κ1) is 26.0. The van der Waals surface area contributed by atoms with E-state index in [9.17, 15) is 13.2 Å². The summed E-state index contributed by atoms with van der Waals surface area (Å²) in [6.07, 6.45) is 4.82. The number of hydrogen-bond donors (Lipinski definition) is 2. The van der Waals surface area contributed by atoms with Crippen LogP contribution < -0.4 is 10.5 Å². The van der Waals surface area contributed by atoms with Gasteiger partial charge in [0.1, 0.15) is 24.1 Å². The molecule has 2 aliphatic rings. The predicted octanol–water partition coefficient (Wildman–Crippen LogP) is 3.35. The Morgan fingerprint density at radius 2 is 2.15 bits per heavy atom. The lowest BCUT2D eigenvalue weighted by Gasteiger charge is -2.24. The molecule has 1 aromatic carbocycles. The van der Waals surface area contributed by atoms with Gasteiger partial charge < -0.3 is 14.6 Å². The molecule has 3 aromatic heterocycles. The number of ketones is 1. The quantitative estimate of drug-likeness (QED) is 0.305. The van der Waals surface area contributed by atoms with Crippen molar-refractivity contribution in [1.29, 1.82) is 0 Å². The highest BCUT2D eigenvalue weighted by atomic mass is 32.2. The number of nitrogens with zero attached hydrogens (tertiary/aromatic N) is 4. The summed E-state index contributed by atoms with van der Waals surface area (Å²) in [6, 6.07) is 9.96. The third kappa shape index (κ3) is 5.32. The molecule has 204 valence electrons. The summed E-state index contributed by atoms with van der Waals surface area (Å²) in [4.78, 5) is 28.5. The Labute approximate surface area is 229 Å². The van der Waals surface area contributed by atoms with Crippen molar-refractivity contribution < 1.29 is 22.1 Å². The number of carbonyl (C=O) groups is 1. The number of rotatable bonds is 8. The number of thiophene rings is 1. The summed E-state index contributed by atoms with van der Waals surface area (Å²) in [5.41, 5.74) is 3.31. The van der Waals surface area contributed by atoms with E-state index in [1.54, 1.807) is 0 Å². The third-order valence-electron chi connectivity index (χ3n) is 7.29. The lowest BCUT2D eigenvalue weighted by Crippen LogP contribution is -2.23. The fraction of sp³-hybridized carbons (Fsp3) is 0.385. The van der Waals surface area contributed by atoms with Gasteiger partial charge in [-0.2, -0.15) is 8.42 Å². The largest absolute Gasteiger partial charge is 0.367 e. The van der Waals surface area contributed by atoms with Crippen molar-refractivity contribution in [2.45, 2.75) is 44.9 Å². The van der Waals surface area contributed by atoms with Crippen molar-refractivity contribution in [1.82, 2.24) is 19.5 Å². The summed E-state index contributed by atoms with van der Waals surface area (Å²) >= 11 is 1.42. The van der Waals surface area contributed by atoms with Crippen LogP contribution in [0.1, 0.15) is 56.9 Å². The van der Waals surface area contributed by atoms with Gasteiger partial charge in [-0.1, -0.05) is 12.1 Å². The standard InChI is InChI=1S/C26H28N6O5S2/c1-15-18(24-26-31-20-4-2-3-5-21(20)32(26)8-9-36-24)11-22(38-15)23(33)19-12-28-14-29-25(19)30-17-7-6-16(10-17)13-37-39(27,34)35/h2-5,11-12,14,16-17,24H,6-10,13H2,1H3,(H2,27,34,35)(H,28,29,30). The van der Waals surface area contributed by atoms with Gasteiger partial charge in [0.15, 0.2) is 0 Å². The number of benzene rings is 1. The zero-order valence-electron chi connectivity index (χ0n) is 21.2. The maximum atomic E-state index is 13.7. The van der Waals surface area contributed by atoms with E-state index in [4.69, 9.17) is 19.0 Å². The van der Waals surface area contributed by atoms with Crippen molar-refractivity contribution in [2.75, 3.05) is 18.5 Å². The summed E-state index contributed by atoms with van der Waals surface area (Å²) in [5, 5.41) is 8.31. The third-order valence-corrected chi connectivity index (χ3v) is 8.82. The number of anilines is 1. The summed E-state index contributed by atoms with van der Waals surface area (Å²) in [7, 11) is -3.97. The van der Waals surface area contributed by atoms with Gasteiger partial charge in [0, 0.05) is 29.2 Å². The SMILES string of the molecule is Cc1sc(C(=O)c2cncnc2NC2CCC(COS(N)(=O)=O)C2)cc1C1OCCn2c1nc1ccccc12. The van der Waals surface area contributed by atoms with Gasteiger partial charge in [0.05, 0.1) is 34.7 Å². The number of aromatic nitrogens is 4. The first-order valence-corrected chi connectivity index (χ1v) is 15.0. The van der Waals surface area contributed by atoms with E-state index in [0.717, 1.165) is 46.7 Å². The van der Waals surface area contributed by atoms with Crippen LogP contribution in [0.25, 0.3) is 11.0 Å². The van der Waals surface area contributed by atoms with E-state index < -0.39 is 10.3 Å². The number of nitrogens with one attached hydrogen (secondary N) is 1. The van der Waals surface area contributed by atoms with Crippen molar-refractivity contribution >= 4 is 44.3 Å². The Bertz CT molecular complexity index is 1650. The smallest absolute Gasteiger partial charge is 0.333 e. The lowest BCUT2D eigenvalue weighted by molar-refractivity contribution is 0.0441. The molecule has 3 N–H and O–H groups in total. The van der Waals surface area contributed by atoms with Gasteiger partial charge >= 0.3 is 10.3 Å². The number of fused-ring (bicyclic) bond motifs is 3. The van der Waals surface area contributed by atoms with Gasteiger partial charge in [-0.25, -0.2) is 20.1 Å². The molecule has 11 nitrogen and oxygen atoms in total. The van der Waals surface area contributed by atoms with Crippen molar-refractivity contribution in [3.05, 3.63) is 69.6 Å². The molecule has 4 aromatic rings. The Morgan fingerprint density at radius 3 is 3.00 bits per heavy atom. The molecule has 0 radical (unpaired) electrons. The summed E-state index contributed by atoms with van der Waals surface area (Å²) in [5.74, 6) is 1.17. The highest BCUT2D eigenvalue weighted by Crippen LogP contribution is 2.38. The molecule has 3 unspecified atom stereocenters. The number of carbonyl (C=O) groups excluding carboxylic acids is 1. The minimum absolute atomic E-state index is 0.0183.